The Bertz CT molecular complexity index is 549. The van der Waals surface area contributed by atoms with Crippen molar-refractivity contribution in [3.8, 4) is 0 Å². The third-order valence-electron chi connectivity index (χ3n) is 4.52. The van der Waals surface area contributed by atoms with E-state index in [-0.39, 0.29) is 36.6 Å². The summed E-state index contributed by atoms with van der Waals surface area (Å²) in [5, 5.41) is 3.15. The maximum absolute atomic E-state index is 13.8. The van der Waals surface area contributed by atoms with E-state index < -0.39 is 5.82 Å². The van der Waals surface area contributed by atoms with E-state index >= 15 is 0 Å². The largest absolute Gasteiger partial charge is 0.338 e. The Morgan fingerprint density at radius 2 is 1.90 bits per heavy atom. The fraction of sp³-hybridized carbons (Fsp3) is 0.533. The molecule has 3 rings (SSSR count). The molecule has 1 aromatic carbocycles. The molecule has 0 aromatic heterocycles. The second-order valence-corrected chi connectivity index (χ2v) is 5.70. The van der Waals surface area contributed by atoms with Gasteiger partial charge in [0.15, 0.2) is 0 Å². The zero-order valence-electron chi connectivity index (χ0n) is 11.9. The van der Waals surface area contributed by atoms with E-state index in [0.717, 1.165) is 25.2 Å². The summed E-state index contributed by atoms with van der Waals surface area (Å²) < 4.78 is 27.5. The van der Waals surface area contributed by atoms with Crippen LogP contribution in [-0.2, 0) is 17.8 Å². The van der Waals surface area contributed by atoms with Crippen molar-refractivity contribution in [3.05, 3.63) is 34.9 Å². The van der Waals surface area contributed by atoms with Crippen LogP contribution in [0.1, 0.15) is 18.1 Å². The van der Waals surface area contributed by atoms with Crippen molar-refractivity contribution in [1.29, 1.82) is 0 Å². The molecule has 0 radical (unpaired) electrons. The number of carbonyl (C=O) groups excluding carboxylic acids is 1. The smallest absolute Gasteiger partial charge is 0.226 e. The van der Waals surface area contributed by atoms with Crippen molar-refractivity contribution >= 4 is 18.3 Å². The number of carbonyl (C=O) groups is 1. The van der Waals surface area contributed by atoms with E-state index in [2.05, 4.69) is 5.32 Å². The van der Waals surface area contributed by atoms with Crippen LogP contribution in [0.4, 0.5) is 8.78 Å². The molecular weight excluding hydrogens is 298 g/mol. The van der Waals surface area contributed by atoms with Gasteiger partial charge in [0.05, 0.1) is 0 Å². The maximum atomic E-state index is 13.8. The van der Waals surface area contributed by atoms with Gasteiger partial charge in [0.1, 0.15) is 11.6 Å². The molecule has 21 heavy (non-hydrogen) atoms. The summed E-state index contributed by atoms with van der Waals surface area (Å²) in [6.07, 6.45) is 0.389. The van der Waals surface area contributed by atoms with E-state index in [0.29, 0.717) is 30.0 Å². The van der Waals surface area contributed by atoms with Gasteiger partial charge in [-0.3, -0.25) is 4.79 Å². The lowest BCUT2D eigenvalue weighted by atomic mass is 9.87. The fourth-order valence-electron chi connectivity index (χ4n) is 2.94. The molecule has 0 spiro atoms. The summed E-state index contributed by atoms with van der Waals surface area (Å²) in [6, 6.07) is 2.30. The lowest BCUT2D eigenvalue weighted by Gasteiger charge is -2.37. The molecule has 1 unspecified atom stereocenters. The summed E-state index contributed by atoms with van der Waals surface area (Å²) >= 11 is 0. The van der Waals surface area contributed by atoms with E-state index in [1.807, 2.05) is 6.92 Å². The number of amides is 1. The number of fused-ring (bicyclic) bond motifs is 1. The highest BCUT2D eigenvalue weighted by atomic mass is 35.5. The molecule has 116 valence electrons. The van der Waals surface area contributed by atoms with Crippen LogP contribution in [0.3, 0.4) is 0 Å². The van der Waals surface area contributed by atoms with Gasteiger partial charge in [0, 0.05) is 24.6 Å². The molecule has 2 heterocycles. The molecule has 2 aliphatic heterocycles. The summed E-state index contributed by atoms with van der Waals surface area (Å²) in [5.41, 5.74) is 0.760. The molecule has 0 saturated carbocycles. The third-order valence-corrected chi connectivity index (χ3v) is 4.52. The Morgan fingerprint density at radius 3 is 2.48 bits per heavy atom. The first-order valence-corrected chi connectivity index (χ1v) is 7.03. The predicted octanol–water partition coefficient (Wildman–Crippen LogP) is 2.13. The minimum absolute atomic E-state index is 0. The second-order valence-electron chi connectivity index (χ2n) is 5.70. The van der Waals surface area contributed by atoms with Crippen molar-refractivity contribution in [2.24, 2.45) is 11.8 Å². The molecule has 1 saturated heterocycles. The van der Waals surface area contributed by atoms with Gasteiger partial charge in [-0.15, -0.1) is 12.4 Å². The topological polar surface area (TPSA) is 32.3 Å². The molecule has 1 amide bonds. The SMILES string of the molecule is CC(C(=O)N1CCc2c(F)ccc(F)c2C1)C1CNC1.Cl. The average molecular weight is 317 g/mol. The zero-order valence-corrected chi connectivity index (χ0v) is 12.7. The van der Waals surface area contributed by atoms with Gasteiger partial charge in [0.25, 0.3) is 0 Å². The molecule has 0 aliphatic carbocycles. The van der Waals surface area contributed by atoms with E-state index in [9.17, 15) is 13.6 Å². The molecule has 0 bridgehead atoms. The number of nitrogens with zero attached hydrogens (tertiary/aromatic N) is 1. The van der Waals surface area contributed by atoms with Crippen molar-refractivity contribution in [2.75, 3.05) is 19.6 Å². The van der Waals surface area contributed by atoms with Crippen LogP contribution in [0.15, 0.2) is 12.1 Å². The third kappa shape index (κ3) is 2.90. The van der Waals surface area contributed by atoms with Gasteiger partial charge in [0.2, 0.25) is 5.91 Å². The van der Waals surface area contributed by atoms with Crippen LogP contribution in [0.5, 0.6) is 0 Å². The van der Waals surface area contributed by atoms with Crippen molar-refractivity contribution in [1.82, 2.24) is 10.2 Å². The second kappa shape index (κ2) is 6.28. The number of rotatable bonds is 2. The molecule has 6 heteroatoms. The first kappa shape index (κ1) is 16.2. The highest BCUT2D eigenvalue weighted by Crippen LogP contribution is 2.27. The predicted molar refractivity (Wildman–Crippen MR) is 78.3 cm³/mol. The van der Waals surface area contributed by atoms with Crippen LogP contribution in [0.25, 0.3) is 0 Å². The average Bonchev–Trinajstić information content (AvgIpc) is 2.40. The number of hydrogen-bond acceptors (Lipinski definition) is 2. The van der Waals surface area contributed by atoms with Crippen LogP contribution in [-0.4, -0.2) is 30.4 Å². The minimum Gasteiger partial charge on any atom is -0.338 e. The first-order valence-electron chi connectivity index (χ1n) is 7.03. The van der Waals surface area contributed by atoms with E-state index in [1.54, 1.807) is 4.90 Å². The summed E-state index contributed by atoms with van der Waals surface area (Å²) in [5.74, 6) is -0.442. The molecular formula is C15H19ClF2N2O. The maximum Gasteiger partial charge on any atom is 0.226 e. The molecule has 2 aliphatic rings. The highest BCUT2D eigenvalue weighted by molar-refractivity contribution is 5.85. The summed E-state index contributed by atoms with van der Waals surface area (Å²) in [4.78, 5) is 14.1. The first-order chi connectivity index (χ1) is 9.58. The Kier molecular flexibility index (Phi) is 4.84. The van der Waals surface area contributed by atoms with E-state index in [1.165, 1.54) is 0 Å². The standard InChI is InChI=1S/C15H18F2N2O.ClH/c1-9(10-6-18-7-10)15(20)19-5-4-11-12(8-19)14(17)3-2-13(11)16;/h2-3,9-10,18H,4-8H2,1H3;1H. The molecule has 1 atom stereocenters. The summed E-state index contributed by atoms with van der Waals surface area (Å²) in [6.45, 7) is 4.30. The number of hydrogen-bond donors (Lipinski definition) is 1. The normalized spacial score (nSPS) is 19.3. The lowest BCUT2D eigenvalue weighted by Crippen LogP contribution is -2.51. The molecule has 1 fully saturated rings. The summed E-state index contributed by atoms with van der Waals surface area (Å²) in [7, 11) is 0. The van der Waals surface area contributed by atoms with Crippen LogP contribution < -0.4 is 5.32 Å². The zero-order chi connectivity index (χ0) is 14.3. The van der Waals surface area contributed by atoms with Crippen LogP contribution in [0.2, 0.25) is 0 Å². The monoisotopic (exact) mass is 316 g/mol. The Labute approximate surface area is 129 Å². The van der Waals surface area contributed by atoms with Gasteiger partial charge >= 0.3 is 0 Å². The highest BCUT2D eigenvalue weighted by Gasteiger charge is 2.33. The van der Waals surface area contributed by atoms with Crippen LogP contribution >= 0.6 is 12.4 Å². The Morgan fingerprint density at radius 1 is 1.29 bits per heavy atom. The van der Waals surface area contributed by atoms with Gasteiger partial charge in [-0.25, -0.2) is 8.78 Å². The molecule has 1 N–H and O–H groups in total. The fourth-order valence-corrected chi connectivity index (χ4v) is 2.94. The van der Waals surface area contributed by atoms with Crippen molar-refractivity contribution in [2.45, 2.75) is 19.9 Å². The van der Waals surface area contributed by atoms with Crippen molar-refractivity contribution in [3.63, 3.8) is 0 Å². The number of halogens is 3. The van der Waals surface area contributed by atoms with Crippen LogP contribution in [0, 0.1) is 23.5 Å². The van der Waals surface area contributed by atoms with Gasteiger partial charge < -0.3 is 10.2 Å². The Hall–Kier alpha value is -1.20. The number of benzene rings is 1. The Balaban J connectivity index is 0.00000161. The quantitative estimate of drug-likeness (QED) is 0.906. The van der Waals surface area contributed by atoms with Gasteiger partial charge in [-0.1, -0.05) is 6.92 Å². The lowest BCUT2D eigenvalue weighted by molar-refractivity contribution is -0.138. The minimum atomic E-state index is -0.420. The van der Waals surface area contributed by atoms with E-state index in [4.69, 9.17) is 0 Å². The number of nitrogens with one attached hydrogen (secondary N) is 1. The molecule has 1 aromatic rings. The van der Waals surface area contributed by atoms with Crippen molar-refractivity contribution < 1.29 is 13.6 Å². The van der Waals surface area contributed by atoms with Gasteiger partial charge in [-0.05, 0) is 43.1 Å². The van der Waals surface area contributed by atoms with Gasteiger partial charge in [-0.2, -0.15) is 0 Å². The molecule has 3 nitrogen and oxygen atoms in total.